The van der Waals surface area contributed by atoms with Gasteiger partial charge in [-0.3, -0.25) is 9.59 Å². The number of Topliss-reactive ketones (excluding diaryl/α,β-unsaturated/α-hetero) is 1. The minimum Gasteiger partial charge on any atom is -0.345 e. The standard InChI is InChI=1S/C25H27F3N4O2/c1-16-22(17(2)32(30-16)21-12-8-11-19(14-21)25(26,27)28)23(33)24(34)29-20(15-31(3)4)13-18-9-6-5-7-10-18/h5-12,14,20H,13,15H2,1-4H3,(H,29,34). The molecule has 180 valence electrons. The lowest BCUT2D eigenvalue weighted by atomic mass is 10.0. The Bertz CT molecular complexity index is 1170. The molecule has 6 nitrogen and oxygen atoms in total. The summed E-state index contributed by atoms with van der Waals surface area (Å²) in [4.78, 5) is 27.9. The van der Waals surface area contributed by atoms with Crippen LogP contribution in [0.15, 0.2) is 54.6 Å². The first-order chi connectivity index (χ1) is 16.0. The molecule has 9 heteroatoms. The number of alkyl halides is 3. The molecule has 1 N–H and O–H groups in total. The topological polar surface area (TPSA) is 67.2 Å². The van der Waals surface area contributed by atoms with Gasteiger partial charge >= 0.3 is 6.18 Å². The summed E-state index contributed by atoms with van der Waals surface area (Å²) in [6, 6.07) is 14.0. The summed E-state index contributed by atoms with van der Waals surface area (Å²) < 4.78 is 40.6. The van der Waals surface area contributed by atoms with E-state index in [-0.39, 0.29) is 23.0 Å². The predicted molar refractivity (Wildman–Crippen MR) is 123 cm³/mol. The second-order valence-corrected chi connectivity index (χ2v) is 8.46. The fourth-order valence-corrected chi connectivity index (χ4v) is 3.90. The summed E-state index contributed by atoms with van der Waals surface area (Å²) in [5, 5.41) is 7.05. The first-order valence-electron chi connectivity index (χ1n) is 10.7. The van der Waals surface area contributed by atoms with Crippen LogP contribution in [0.25, 0.3) is 5.69 Å². The molecular weight excluding hydrogens is 445 g/mol. The van der Waals surface area contributed by atoms with Crippen molar-refractivity contribution in [1.29, 1.82) is 0 Å². The van der Waals surface area contributed by atoms with Gasteiger partial charge in [-0.25, -0.2) is 4.68 Å². The number of nitrogens with zero attached hydrogens (tertiary/aromatic N) is 3. The fourth-order valence-electron chi connectivity index (χ4n) is 3.90. The third-order valence-corrected chi connectivity index (χ3v) is 5.39. The molecular formula is C25H27F3N4O2. The Morgan fingerprint density at radius 1 is 1.06 bits per heavy atom. The highest BCUT2D eigenvalue weighted by atomic mass is 19.4. The number of amides is 1. The van der Waals surface area contributed by atoms with E-state index in [0.717, 1.165) is 17.7 Å². The van der Waals surface area contributed by atoms with Gasteiger partial charge in [0.05, 0.1) is 28.2 Å². The monoisotopic (exact) mass is 472 g/mol. The van der Waals surface area contributed by atoms with Crippen LogP contribution in [0.4, 0.5) is 13.2 Å². The van der Waals surface area contributed by atoms with Gasteiger partial charge in [0.1, 0.15) is 0 Å². The molecule has 0 aliphatic carbocycles. The second kappa shape index (κ2) is 10.2. The first kappa shape index (κ1) is 25.2. The molecule has 0 radical (unpaired) electrons. The highest BCUT2D eigenvalue weighted by molar-refractivity contribution is 6.43. The minimum absolute atomic E-state index is 0.0817. The lowest BCUT2D eigenvalue weighted by molar-refractivity contribution is -0.137. The van der Waals surface area contributed by atoms with Gasteiger partial charge in [0.25, 0.3) is 11.7 Å². The highest BCUT2D eigenvalue weighted by Gasteiger charge is 2.31. The van der Waals surface area contributed by atoms with E-state index < -0.39 is 23.4 Å². The Hall–Kier alpha value is -3.46. The Kier molecular flexibility index (Phi) is 7.56. The summed E-state index contributed by atoms with van der Waals surface area (Å²) >= 11 is 0. The largest absolute Gasteiger partial charge is 0.416 e. The maximum Gasteiger partial charge on any atom is 0.416 e. The zero-order valence-electron chi connectivity index (χ0n) is 19.5. The fraction of sp³-hybridized carbons (Fsp3) is 0.320. The predicted octanol–water partition coefficient (Wildman–Crippen LogP) is 3.98. The molecule has 0 saturated carbocycles. The molecule has 0 bridgehead atoms. The maximum absolute atomic E-state index is 13.1. The van der Waals surface area contributed by atoms with Crippen LogP contribution in [0.5, 0.6) is 0 Å². The summed E-state index contributed by atoms with van der Waals surface area (Å²) in [6.45, 7) is 3.64. The Labute approximate surface area is 196 Å². The van der Waals surface area contributed by atoms with Gasteiger partial charge in [0, 0.05) is 12.6 Å². The number of aromatic nitrogens is 2. The van der Waals surface area contributed by atoms with Crippen LogP contribution in [-0.4, -0.2) is 53.1 Å². The SMILES string of the molecule is Cc1nn(-c2cccc(C(F)(F)F)c2)c(C)c1C(=O)C(=O)NC(Cc1ccccc1)CN(C)C. The smallest absolute Gasteiger partial charge is 0.345 e. The molecule has 1 atom stereocenters. The third-order valence-electron chi connectivity index (χ3n) is 5.39. The number of hydrogen-bond acceptors (Lipinski definition) is 4. The van der Waals surface area contributed by atoms with Crippen molar-refractivity contribution in [2.24, 2.45) is 0 Å². The number of carbonyl (C=O) groups excluding carboxylic acids is 2. The number of hydrogen-bond donors (Lipinski definition) is 1. The third kappa shape index (κ3) is 5.91. The highest BCUT2D eigenvalue weighted by Crippen LogP contribution is 2.31. The lowest BCUT2D eigenvalue weighted by Gasteiger charge is -2.22. The number of likely N-dealkylation sites (N-methyl/N-ethyl adjacent to an activating group) is 1. The Balaban J connectivity index is 1.85. The van der Waals surface area contributed by atoms with Crippen molar-refractivity contribution in [3.8, 4) is 5.69 Å². The number of halogens is 3. The van der Waals surface area contributed by atoms with E-state index in [1.807, 2.05) is 49.3 Å². The zero-order chi connectivity index (χ0) is 25.0. The molecule has 1 amide bonds. The van der Waals surface area contributed by atoms with Gasteiger partial charge in [0.15, 0.2) is 0 Å². The molecule has 0 spiro atoms. The van der Waals surface area contributed by atoms with E-state index in [4.69, 9.17) is 0 Å². The average Bonchev–Trinajstić information content (AvgIpc) is 3.06. The first-order valence-corrected chi connectivity index (χ1v) is 10.7. The van der Waals surface area contributed by atoms with E-state index in [1.54, 1.807) is 13.8 Å². The summed E-state index contributed by atoms with van der Waals surface area (Å²) in [5.41, 5.74) is 0.997. The number of carbonyl (C=O) groups is 2. The molecule has 2 aromatic carbocycles. The summed E-state index contributed by atoms with van der Waals surface area (Å²) in [5.74, 6) is -1.55. The quantitative estimate of drug-likeness (QED) is 0.398. The lowest BCUT2D eigenvalue weighted by Crippen LogP contribution is -2.46. The number of benzene rings is 2. The number of aryl methyl sites for hydroxylation is 1. The van der Waals surface area contributed by atoms with Crippen LogP contribution in [0, 0.1) is 13.8 Å². The van der Waals surface area contributed by atoms with Crippen LogP contribution < -0.4 is 5.32 Å². The van der Waals surface area contributed by atoms with E-state index >= 15 is 0 Å². The van der Waals surface area contributed by atoms with Crippen molar-refractivity contribution in [2.75, 3.05) is 20.6 Å². The molecule has 0 aliphatic heterocycles. The molecule has 3 rings (SSSR count). The molecule has 0 saturated heterocycles. The molecule has 34 heavy (non-hydrogen) atoms. The summed E-state index contributed by atoms with van der Waals surface area (Å²) in [6.07, 6.45) is -3.97. The van der Waals surface area contributed by atoms with Crippen molar-refractivity contribution in [3.05, 3.63) is 82.7 Å². The Morgan fingerprint density at radius 2 is 1.74 bits per heavy atom. The normalized spacial score (nSPS) is 12.6. The van der Waals surface area contributed by atoms with Crippen molar-refractivity contribution in [1.82, 2.24) is 20.0 Å². The molecule has 1 heterocycles. The van der Waals surface area contributed by atoms with Crippen LogP contribution in [-0.2, 0) is 17.4 Å². The number of rotatable bonds is 8. The number of nitrogens with one attached hydrogen (secondary N) is 1. The van der Waals surface area contributed by atoms with Crippen LogP contribution in [0.1, 0.15) is 32.9 Å². The van der Waals surface area contributed by atoms with E-state index in [0.29, 0.717) is 18.7 Å². The van der Waals surface area contributed by atoms with Crippen LogP contribution >= 0.6 is 0 Å². The van der Waals surface area contributed by atoms with Gasteiger partial charge in [-0.05, 0) is 58.1 Å². The van der Waals surface area contributed by atoms with Gasteiger partial charge in [-0.2, -0.15) is 18.3 Å². The minimum atomic E-state index is -4.51. The second-order valence-electron chi connectivity index (χ2n) is 8.46. The van der Waals surface area contributed by atoms with E-state index in [9.17, 15) is 22.8 Å². The Morgan fingerprint density at radius 3 is 2.35 bits per heavy atom. The van der Waals surface area contributed by atoms with Gasteiger partial charge in [-0.15, -0.1) is 0 Å². The molecule has 1 unspecified atom stereocenters. The molecule has 1 aromatic heterocycles. The van der Waals surface area contributed by atoms with E-state index in [1.165, 1.54) is 16.8 Å². The van der Waals surface area contributed by atoms with Gasteiger partial charge < -0.3 is 10.2 Å². The van der Waals surface area contributed by atoms with Crippen molar-refractivity contribution >= 4 is 11.7 Å². The average molecular weight is 473 g/mol. The molecule has 0 aliphatic rings. The van der Waals surface area contributed by atoms with Crippen LogP contribution in [0.3, 0.4) is 0 Å². The van der Waals surface area contributed by atoms with Crippen molar-refractivity contribution in [2.45, 2.75) is 32.5 Å². The van der Waals surface area contributed by atoms with Crippen LogP contribution in [0.2, 0.25) is 0 Å². The number of ketones is 1. The van der Waals surface area contributed by atoms with Gasteiger partial charge in [-0.1, -0.05) is 36.4 Å². The van der Waals surface area contributed by atoms with Crippen molar-refractivity contribution < 1.29 is 22.8 Å². The maximum atomic E-state index is 13.1. The molecule has 0 fully saturated rings. The zero-order valence-corrected chi connectivity index (χ0v) is 19.5. The van der Waals surface area contributed by atoms with E-state index in [2.05, 4.69) is 10.4 Å². The summed E-state index contributed by atoms with van der Waals surface area (Å²) in [7, 11) is 3.75. The van der Waals surface area contributed by atoms with Crippen molar-refractivity contribution in [3.63, 3.8) is 0 Å². The molecule has 3 aromatic rings. The van der Waals surface area contributed by atoms with Gasteiger partial charge in [0.2, 0.25) is 0 Å².